The van der Waals surface area contributed by atoms with Crippen molar-refractivity contribution >= 4 is 37.5 Å². The lowest BCUT2D eigenvalue weighted by Gasteiger charge is -2.26. The van der Waals surface area contributed by atoms with Gasteiger partial charge in [0.15, 0.2) is 0 Å². The number of nitrogens with zero attached hydrogens (tertiary/aromatic N) is 1. The molecule has 1 atom stereocenters. The van der Waals surface area contributed by atoms with Gasteiger partial charge in [-0.05, 0) is 58.1 Å². The van der Waals surface area contributed by atoms with E-state index in [-0.39, 0.29) is 23.5 Å². The Morgan fingerprint density at radius 3 is 2.81 bits per heavy atom. The fraction of sp³-hybridized carbons (Fsp3) is 0.316. The van der Waals surface area contributed by atoms with E-state index >= 15 is 0 Å². The van der Waals surface area contributed by atoms with E-state index in [9.17, 15) is 13.2 Å². The Morgan fingerprint density at radius 2 is 2.04 bits per heavy atom. The number of carbonyl (C=O) groups is 1. The summed E-state index contributed by atoms with van der Waals surface area (Å²) in [4.78, 5) is 13.6. The van der Waals surface area contributed by atoms with Gasteiger partial charge in [0.2, 0.25) is 15.9 Å². The van der Waals surface area contributed by atoms with Crippen LogP contribution in [-0.4, -0.2) is 33.5 Å². The van der Waals surface area contributed by atoms with Gasteiger partial charge in [0.05, 0.1) is 10.9 Å². The minimum atomic E-state index is -3.78. The molecule has 1 amide bonds. The van der Waals surface area contributed by atoms with Crippen LogP contribution >= 0.6 is 15.9 Å². The van der Waals surface area contributed by atoms with Crippen molar-refractivity contribution in [2.45, 2.75) is 30.7 Å². The highest BCUT2D eigenvalue weighted by Gasteiger charge is 2.30. The van der Waals surface area contributed by atoms with Gasteiger partial charge in [-0.1, -0.05) is 18.2 Å². The minimum absolute atomic E-state index is 0.0929. The number of hydrogen-bond donors (Lipinski definition) is 1. The predicted octanol–water partition coefficient (Wildman–Crippen LogP) is 2.64. The summed E-state index contributed by atoms with van der Waals surface area (Å²) in [6, 6.07) is 10.6. The molecule has 0 spiro atoms. The van der Waals surface area contributed by atoms with Crippen LogP contribution in [0.3, 0.4) is 0 Å². The van der Waals surface area contributed by atoms with Gasteiger partial charge >= 0.3 is 0 Å². The molecule has 2 aliphatic rings. The second-order valence-electron chi connectivity index (χ2n) is 6.77. The maximum atomic E-state index is 13.0. The van der Waals surface area contributed by atoms with Crippen molar-refractivity contribution in [2.24, 2.45) is 0 Å². The standard InChI is InChI=1S/C19H19BrN2O4S/c1-12(23)22-7-6-13-9-16(20)19(10-17(13)22)27(24,25)21-15-8-14-4-2-3-5-18(14)26-11-15/h2-5,9-10,15,21H,6-8,11H2,1H3. The summed E-state index contributed by atoms with van der Waals surface area (Å²) in [7, 11) is -3.78. The molecule has 0 saturated carbocycles. The summed E-state index contributed by atoms with van der Waals surface area (Å²) in [6.45, 7) is 2.33. The molecule has 0 radical (unpaired) electrons. The molecule has 0 aromatic heterocycles. The van der Waals surface area contributed by atoms with Crippen LogP contribution in [0.2, 0.25) is 0 Å². The van der Waals surface area contributed by atoms with Gasteiger partial charge < -0.3 is 9.64 Å². The lowest BCUT2D eigenvalue weighted by atomic mass is 10.0. The van der Waals surface area contributed by atoms with Gasteiger partial charge in [-0.2, -0.15) is 0 Å². The molecule has 2 aliphatic heterocycles. The molecule has 142 valence electrons. The molecule has 2 heterocycles. The normalized spacial score (nSPS) is 18.6. The number of halogens is 1. The van der Waals surface area contributed by atoms with E-state index in [1.807, 2.05) is 24.3 Å². The van der Waals surface area contributed by atoms with Crippen molar-refractivity contribution in [1.82, 2.24) is 4.72 Å². The molecule has 1 unspecified atom stereocenters. The van der Waals surface area contributed by atoms with E-state index in [1.165, 1.54) is 6.92 Å². The first kappa shape index (κ1) is 18.5. The monoisotopic (exact) mass is 450 g/mol. The van der Waals surface area contributed by atoms with E-state index in [1.54, 1.807) is 17.0 Å². The summed E-state index contributed by atoms with van der Waals surface area (Å²) < 4.78 is 34.9. The highest BCUT2D eigenvalue weighted by Crippen LogP contribution is 2.35. The number of para-hydroxylation sites is 1. The smallest absolute Gasteiger partial charge is 0.242 e. The average molecular weight is 451 g/mol. The molecular formula is C19H19BrN2O4S. The molecule has 0 aliphatic carbocycles. The Morgan fingerprint density at radius 1 is 1.26 bits per heavy atom. The lowest BCUT2D eigenvalue weighted by Crippen LogP contribution is -2.42. The molecule has 0 bridgehead atoms. The Labute approximate surface area is 166 Å². The van der Waals surface area contributed by atoms with Gasteiger partial charge in [-0.15, -0.1) is 0 Å². The maximum Gasteiger partial charge on any atom is 0.242 e. The Balaban J connectivity index is 1.62. The molecule has 0 saturated heterocycles. The van der Waals surface area contributed by atoms with Crippen molar-refractivity contribution in [2.75, 3.05) is 18.1 Å². The lowest BCUT2D eigenvalue weighted by molar-refractivity contribution is -0.116. The van der Waals surface area contributed by atoms with E-state index in [0.29, 0.717) is 29.5 Å². The first-order valence-electron chi connectivity index (χ1n) is 8.69. The quantitative estimate of drug-likeness (QED) is 0.779. The third kappa shape index (κ3) is 3.49. The summed E-state index contributed by atoms with van der Waals surface area (Å²) in [5.74, 6) is 0.702. The van der Waals surface area contributed by atoms with Crippen molar-refractivity contribution in [3.05, 3.63) is 52.0 Å². The first-order chi connectivity index (χ1) is 12.8. The predicted molar refractivity (Wildman–Crippen MR) is 106 cm³/mol. The van der Waals surface area contributed by atoms with Crippen LogP contribution in [0.1, 0.15) is 18.1 Å². The van der Waals surface area contributed by atoms with Crippen LogP contribution in [0.4, 0.5) is 5.69 Å². The number of sulfonamides is 1. The van der Waals surface area contributed by atoms with Gasteiger partial charge in [-0.25, -0.2) is 13.1 Å². The molecule has 2 aromatic rings. The number of benzene rings is 2. The van der Waals surface area contributed by atoms with Crippen LogP contribution in [-0.2, 0) is 27.7 Å². The SMILES string of the molecule is CC(=O)N1CCc2cc(Br)c(S(=O)(=O)NC3COc4ccccc4C3)cc21. The Kier molecular flexibility index (Phi) is 4.73. The topological polar surface area (TPSA) is 75.7 Å². The second kappa shape index (κ2) is 6.92. The number of ether oxygens (including phenoxy) is 1. The third-order valence-electron chi connectivity index (χ3n) is 4.90. The largest absolute Gasteiger partial charge is 0.492 e. The molecule has 4 rings (SSSR count). The van der Waals surface area contributed by atoms with E-state index in [2.05, 4.69) is 20.7 Å². The number of carbonyl (C=O) groups excluding carboxylic acids is 1. The van der Waals surface area contributed by atoms with Gasteiger partial charge in [-0.3, -0.25) is 4.79 Å². The van der Waals surface area contributed by atoms with Crippen LogP contribution < -0.4 is 14.4 Å². The van der Waals surface area contributed by atoms with E-state index < -0.39 is 10.0 Å². The summed E-state index contributed by atoms with van der Waals surface area (Å²) in [6.07, 6.45) is 1.28. The van der Waals surface area contributed by atoms with Crippen molar-refractivity contribution < 1.29 is 17.9 Å². The number of amides is 1. The van der Waals surface area contributed by atoms with Crippen molar-refractivity contribution in [3.63, 3.8) is 0 Å². The number of anilines is 1. The molecule has 1 N–H and O–H groups in total. The summed E-state index contributed by atoms with van der Waals surface area (Å²) in [5, 5.41) is 0. The molecule has 0 fully saturated rings. The van der Waals surface area contributed by atoms with Crippen molar-refractivity contribution in [3.8, 4) is 5.75 Å². The molecule has 2 aromatic carbocycles. The molecular weight excluding hydrogens is 432 g/mol. The highest BCUT2D eigenvalue weighted by molar-refractivity contribution is 9.10. The fourth-order valence-corrected chi connectivity index (χ4v) is 5.94. The Hall–Kier alpha value is -1.90. The first-order valence-corrected chi connectivity index (χ1v) is 11.0. The Bertz CT molecular complexity index is 1020. The van der Waals surface area contributed by atoms with Gasteiger partial charge in [0.1, 0.15) is 12.4 Å². The van der Waals surface area contributed by atoms with E-state index in [4.69, 9.17) is 4.74 Å². The van der Waals surface area contributed by atoms with Crippen LogP contribution in [0, 0.1) is 0 Å². The number of rotatable bonds is 3. The van der Waals surface area contributed by atoms with Gasteiger partial charge in [0.25, 0.3) is 0 Å². The van der Waals surface area contributed by atoms with Crippen LogP contribution in [0.25, 0.3) is 0 Å². The zero-order chi connectivity index (χ0) is 19.2. The van der Waals surface area contributed by atoms with Crippen LogP contribution in [0.5, 0.6) is 5.75 Å². The summed E-state index contributed by atoms with van der Waals surface area (Å²) >= 11 is 3.38. The zero-order valence-corrected chi connectivity index (χ0v) is 17.1. The number of nitrogens with one attached hydrogen (secondary N) is 1. The zero-order valence-electron chi connectivity index (χ0n) is 14.7. The maximum absolute atomic E-state index is 13.0. The van der Waals surface area contributed by atoms with Gasteiger partial charge in [0, 0.05) is 23.6 Å². The minimum Gasteiger partial charge on any atom is -0.492 e. The average Bonchev–Trinajstić information content (AvgIpc) is 3.03. The second-order valence-corrected chi connectivity index (χ2v) is 9.31. The number of hydrogen-bond acceptors (Lipinski definition) is 4. The third-order valence-corrected chi connectivity index (χ3v) is 7.38. The van der Waals surface area contributed by atoms with Crippen molar-refractivity contribution in [1.29, 1.82) is 0 Å². The summed E-state index contributed by atoms with van der Waals surface area (Å²) in [5.41, 5.74) is 2.61. The molecule has 6 nitrogen and oxygen atoms in total. The van der Waals surface area contributed by atoms with E-state index in [0.717, 1.165) is 16.9 Å². The molecule has 27 heavy (non-hydrogen) atoms. The van der Waals surface area contributed by atoms with Crippen LogP contribution in [0.15, 0.2) is 45.8 Å². The fourth-order valence-electron chi connectivity index (χ4n) is 3.61. The number of fused-ring (bicyclic) bond motifs is 2. The highest BCUT2D eigenvalue weighted by atomic mass is 79.9. The molecule has 8 heteroatoms.